The molecule has 0 saturated carbocycles. The maximum Gasteiger partial charge on any atom is 0.170 e. The lowest BCUT2D eigenvalue weighted by Crippen LogP contribution is -2.15. The largest absolute Gasteiger partial charge is 0.299 e. The normalized spacial score (nSPS) is 12.2. The number of hydrogen-bond donors (Lipinski definition) is 0. The van der Waals surface area contributed by atoms with Gasteiger partial charge in [0.1, 0.15) is 5.78 Å². The first-order valence-electron chi connectivity index (χ1n) is 5.67. The Morgan fingerprint density at radius 2 is 2.00 bits per heavy atom. The van der Waals surface area contributed by atoms with Crippen molar-refractivity contribution in [1.82, 2.24) is 0 Å². The molecule has 0 aliphatic rings. The topological polar surface area (TPSA) is 34.1 Å². The molecule has 0 aliphatic heterocycles. The Morgan fingerprint density at radius 3 is 2.56 bits per heavy atom. The van der Waals surface area contributed by atoms with Gasteiger partial charge in [0.15, 0.2) is 5.78 Å². The third kappa shape index (κ3) is 3.30. The smallest absolute Gasteiger partial charge is 0.170 e. The highest BCUT2D eigenvalue weighted by molar-refractivity contribution is 6.08. The van der Waals surface area contributed by atoms with Crippen LogP contribution < -0.4 is 0 Å². The monoisotopic (exact) mass is 218 g/mol. The second kappa shape index (κ2) is 5.59. The highest BCUT2D eigenvalue weighted by Crippen LogP contribution is 2.11. The highest BCUT2D eigenvalue weighted by atomic mass is 16.1. The third-order valence-electron chi connectivity index (χ3n) is 2.84. The number of ketones is 2. The SMILES string of the molecule is CCC(C)C(=O)CC(=O)c1cccc(C)c1. The number of Topliss-reactive ketones (excluding diaryl/α,β-unsaturated/α-hetero) is 2. The van der Waals surface area contributed by atoms with Crippen LogP contribution in [0.5, 0.6) is 0 Å². The zero-order chi connectivity index (χ0) is 12.1. The molecule has 2 nitrogen and oxygen atoms in total. The van der Waals surface area contributed by atoms with Crippen LogP contribution in [0.15, 0.2) is 24.3 Å². The van der Waals surface area contributed by atoms with E-state index in [2.05, 4.69) is 0 Å². The number of benzene rings is 1. The summed E-state index contributed by atoms with van der Waals surface area (Å²) in [6, 6.07) is 7.37. The summed E-state index contributed by atoms with van der Waals surface area (Å²) in [5.41, 5.74) is 1.68. The van der Waals surface area contributed by atoms with Crippen molar-refractivity contribution in [1.29, 1.82) is 0 Å². The van der Waals surface area contributed by atoms with Crippen molar-refractivity contribution in [2.75, 3.05) is 0 Å². The average molecular weight is 218 g/mol. The number of carbonyl (C=O) groups is 2. The Kier molecular flexibility index (Phi) is 4.41. The molecule has 0 radical (unpaired) electrons. The third-order valence-corrected chi connectivity index (χ3v) is 2.84. The van der Waals surface area contributed by atoms with E-state index in [0.29, 0.717) is 5.56 Å². The molecule has 1 aromatic rings. The van der Waals surface area contributed by atoms with Crippen LogP contribution in [0.25, 0.3) is 0 Å². The molecule has 0 bridgehead atoms. The van der Waals surface area contributed by atoms with Crippen LogP contribution >= 0.6 is 0 Å². The zero-order valence-electron chi connectivity index (χ0n) is 10.1. The summed E-state index contributed by atoms with van der Waals surface area (Å²) in [4.78, 5) is 23.4. The molecule has 0 amide bonds. The second-order valence-corrected chi connectivity index (χ2v) is 4.25. The van der Waals surface area contributed by atoms with Crippen LogP contribution in [-0.4, -0.2) is 11.6 Å². The molecule has 1 aromatic carbocycles. The van der Waals surface area contributed by atoms with E-state index in [9.17, 15) is 9.59 Å². The van der Waals surface area contributed by atoms with E-state index in [-0.39, 0.29) is 23.9 Å². The van der Waals surface area contributed by atoms with E-state index in [4.69, 9.17) is 0 Å². The van der Waals surface area contributed by atoms with Gasteiger partial charge in [-0.1, -0.05) is 37.6 Å². The summed E-state index contributed by atoms with van der Waals surface area (Å²) in [6.45, 7) is 5.76. The molecule has 1 unspecified atom stereocenters. The molecule has 0 fully saturated rings. The van der Waals surface area contributed by atoms with Gasteiger partial charge in [0.2, 0.25) is 0 Å². The lowest BCUT2D eigenvalue weighted by Gasteiger charge is -2.06. The summed E-state index contributed by atoms with van der Waals surface area (Å²) >= 11 is 0. The average Bonchev–Trinajstić information content (AvgIpc) is 2.27. The van der Waals surface area contributed by atoms with Gasteiger partial charge in [-0.05, 0) is 19.4 Å². The van der Waals surface area contributed by atoms with Gasteiger partial charge >= 0.3 is 0 Å². The lowest BCUT2D eigenvalue weighted by molar-refractivity contribution is -0.121. The maximum atomic E-state index is 11.8. The number of rotatable bonds is 5. The Labute approximate surface area is 96.7 Å². The zero-order valence-corrected chi connectivity index (χ0v) is 10.1. The standard InChI is InChI=1S/C14H18O2/c1-4-11(3)13(15)9-14(16)12-7-5-6-10(2)8-12/h5-8,11H,4,9H2,1-3H3. The van der Waals surface area contributed by atoms with Gasteiger partial charge in [0.05, 0.1) is 6.42 Å². The van der Waals surface area contributed by atoms with Crippen molar-refractivity contribution in [3.63, 3.8) is 0 Å². The van der Waals surface area contributed by atoms with E-state index < -0.39 is 0 Å². The van der Waals surface area contributed by atoms with Crippen molar-refractivity contribution < 1.29 is 9.59 Å². The van der Waals surface area contributed by atoms with Crippen molar-refractivity contribution in [3.8, 4) is 0 Å². The molecule has 1 atom stereocenters. The summed E-state index contributed by atoms with van der Waals surface area (Å²) in [7, 11) is 0. The van der Waals surface area contributed by atoms with Crippen LogP contribution in [0.3, 0.4) is 0 Å². The molecular weight excluding hydrogens is 200 g/mol. The Bertz CT molecular complexity index is 393. The Morgan fingerprint density at radius 1 is 1.31 bits per heavy atom. The number of carbonyl (C=O) groups excluding carboxylic acids is 2. The quantitative estimate of drug-likeness (QED) is 0.562. The predicted molar refractivity (Wildman–Crippen MR) is 64.6 cm³/mol. The Hall–Kier alpha value is -1.44. The van der Waals surface area contributed by atoms with Crippen molar-refractivity contribution in [2.24, 2.45) is 5.92 Å². The van der Waals surface area contributed by atoms with E-state index in [1.807, 2.05) is 39.0 Å². The van der Waals surface area contributed by atoms with Gasteiger partial charge in [0.25, 0.3) is 0 Å². The molecule has 86 valence electrons. The first-order valence-corrected chi connectivity index (χ1v) is 5.67. The van der Waals surface area contributed by atoms with Crippen LogP contribution in [0, 0.1) is 12.8 Å². The fourth-order valence-electron chi connectivity index (χ4n) is 1.48. The molecular formula is C14H18O2. The van der Waals surface area contributed by atoms with Crippen LogP contribution in [0.2, 0.25) is 0 Å². The summed E-state index contributed by atoms with van der Waals surface area (Å²) < 4.78 is 0. The molecule has 0 heterocycles. The molecule has 16 heavy (non-hydrogen) atoms. The summed E-state index contributed by atoms with van der Waals surface area (Å²) in [6.07, 6.45) is 0.818. The minimum Gasteiger partial charge on any atom is -0.299 e. The second-order valence-electron chi connectivity index (χ2n) is 4.25. The van der Waals surface area contributed by atoms with Gasteiger partial charge in [-0.3, -0.25) is 9.59 Å². The molecule has 0 N–H and O–H groups in total. The maximum absolute atomic E-state index is 11.8. The van der Waals surface area contributed by atoms with Crippen LogP contribution in [-0.2, 0) is 4.79 Å². The van der Waals surface area contributed by atoms with Crippen molar-refractivity contribution in [2.45, 2.75) is 33.6 Å². The summed E-state index contributed by atoms with van der Waals surface area (Å²) in [5, 5.41) is 0. The van der Waals surface area contributed by atoms with E-state index in [1.165, 1.54) is 0 Å². The van der Waals surface area contributed by atoms with Crippen molar-refractivity contribution in [3.05, 3.63) is 35.4 Å². The van der Waals surface area contributed by atoms with Crippen molar-refractivity contribution >= 4 is 11.6 Å². The molecule has 0 spiro atoms. The van der Waals surface area contributed by atoms with Gasteiger partial charge in [-0.2, -0.15) is 0 Å². The molecule has 2 heteroatoms. The predicted octanol–water partition coefficient (Wildman–Crippen LogP) is 3.18. The fraction of sp³-hybridized carbons (Fsp3) is 0.429. The number of hydrogen-bond acceptors (Lipinski definition) is 2. The van der Waals surface area contributed by atoms with Crippen LogP contribution in [0.4, 0.5) is 0 Å². The minimum atomic E-state index is -0.0750. The number of aryl methyl sites for hydroxylation is 1. The van der Waals surface area contributed by atoms with Gasteiger partial charge in [0, 0.05) is 11.5 Å². The first kappa shape index (κ1) is 12.6. The van der Waals surface area contributed by atoms with E-state index in [0.717, 1.165) is 12.0 Å². The Balaban J connectivity index is 2.69. The van der Waals surface area contributed by atoms with Gasteiger partial charge < -0.3 is 0 Å². The molecule has 1 rings (SSSR count). The molecule has 0 saturated heterocycles. The minimum absolute atomic E-state index is 0.0197. The van der Waals surface area contributed by atoms with Gasteiger partial charge in [-0.15, -0.1) is 0 Å². The van der Waals surface area contributed by atoms with Gasteiger partial charge in [-0.25, -0.2) is 0 Å². The lowest BCUT2D eigenvalue weighted by atomic mass is 9.96. The van der Waals surface area contributed by atoms with Crippen LogP contribution in [0.1, 0.15) is 42.6 Å². The highest BCUT2D eigenvalue weighted by Gasteiger charge is 2.16. The summed E-state index contributed by atoms with van der Waals surface area (Å²) in [5.74, 6) is -0.0586. The fourth-order valence-corrected chi connectivity index (χ4v) is 1.48. The first-order chi connectivity index (χ1) is 7.54. The molecule has 0 aliphatic carbocycles. The van der Waals surface area contributed by atoms with E-state index in [1.54, 1.807) is 6.07 Å². The molecule has 0 aromatic heterocycles. The van der Waals surface area contributed by atoms with E-state index >= 15 is 0 Å².